The van der Waals surface area contributed by atoms with Crippen LogP contribution in [0.15, 0.2) is 24.3 Å². The molecule has 54 heavy (non-hydrogen) atoms. The summed E-state index contributed by atoms with van der Waals surface area (Å²) in [6, 6.07) is -0.991. The van der Waals surface area contributed by atoms with Gasteiger partial charge in [0.05, 0.1) is 25.4 Å². The fourth-order valence-electron chi connectivity index (χ4n) is 6.94. The Morgan fingerprint density at radius 2 is 1.09 bits per heavy atom. The van der Waals surface area contributed by atoms with Crippen molar-refractivity contribution in [2.45, 2.75) is 236 Å². The van der Waals surface area contributed by atoms with Crippen molar-refractivity contribution < 1.29 is 44.9 Å². The highest BCUT2D eigenvalue weighted by molar-refractivity contribution is 5.80. The van der Waals surface area contributed by atoms with Gasteiger partial charge >= 0.3 is 0 Å². The zero-order valence-corrected chi connectivity index (χ0v) is 34.3. The van der Waals surface area contributed by atoms with E-state index in [4.69, 9.17) is 9.47 Å². The zero-order chi connectivity index (χ0) is 39.7. The van der Waals surface area contributed by atoms with Gasteiger partial charge in [-0.25, -0.2) is 0 Å². The lowest BCUT2D eigenvalue weighted by molar-refractivity contribution is -0.302. The molecule has 1 rings (SSSR count). The Kier molecular flexibility index (Phi) is 32.7. The molecule has 10 heteroatoms. The third-order valence-electron chi connectivity index (χ3n) is 10.6. The van der Waals surface area contributed by atoms with Gasteiger partial charge in [0.2, 0.25) is 5.91 Å². The van der Waals surface area contributed by atoms with Gasteiger partial charge in [-0.05, 0) is 32.1 Å². The minimum absolute atomic E-state index is 0.307. The van der Waals surface area contributed by atoms with E-state index in [1.165, 1.54) is 122 Å². The minimum atomic E-state index is -1.61. The van der Waals surface area contributed by atoms with Crippen LogP contribution in [0.1, 0.15) is 187 Å². The molecule has 1 amide bonds. The molecule has 318 valence electrons. The first-order valence-electron chi connectivity index (χ1n) is 22.2. The quantitative estimate of drug-likeness (QED) is 0.0250. The third kappa shape index (κ3) is 25.0. The Labute approximate surface area is 329 Å². The van der Waals surface area contributed by atoms with Crippen molar-refractivity contribution in [1.29, 1.82) is 0 Å². The fraction of sp³-hybridized carbons (Fsp3) is 0.886. The summed E-state index contributed by atoms with van der Waals surface area (Å²) < 4.78 is 11.1. The van der Waals surface area contributed by atoms with E-state index in [1.807, 2.05) is 6.08 Å². The van der Waals surface area contributed by atoms with Gasteiger partial charge in [0, 0.05) is 0 Å². The SMILES string of the molecule is CCCCCCCCC/C=C/CC/C=C/[C@@H](O)[C@H](CO[C@@H]1O[C@H](CO)[C@@H](O)C(O)C1O)NC(=O)[C@H](O)CCCCCCCCCCCCCCCCCC. The van der Waals surface area contributed by atoms with Crippen molar-refractivity contribution in [3.05, 3.63) is 24.3 Å². The summed E-state index contributed by atoms with van der Waals surface area (Å²) in [5.41, 5.74) is 0. The van der Waals surface area contributed by atoms with Crippen LogP contribution >= 0.6 is 0 Å². The summed E-state index contributed by atoms with van der Waals surface area (Å²) in [5.74, 6) is -0.626. The third-order valence-corrected chi connectivity index (χ3v) is 10.6. The molecule has 0 spiro atoms. The molecule has 0 aromatic rings. The standard InChI is InChI=1S/C44H83NO9/c1-3-5-7-9-11-13-15-17-18-19-21-23-25-27-29-31-33-38(48)43(52)45-36(35-53-44-42(51)41(50)40(49)39(34-46)54-44)37(47)32-30-28-26-24-22-20-16-14-12-10-8-6-4-2/h22,24,30,32,36-42,44,46-51H,3-21,23,25-29,31,33-35H2,1-2H3,(H,45,52)/b24-22+,32-30+/t36-,37+,38+,39+,40+,41?,42?,44+/m0/s1. The average Bonchev–Trinajstić information content (AvgIpc) is 3.17. The smallest absolute Gasteiger partial charge is 0.249 e. The number of carbonyl (C=O) groups is 1. The number of rotatable bonds is 36. The van der Waals surface area contributed by atoms with Crippen LogP contribution in [0.4, 0.5) is 0 Å². The molecule has 1 heterocycles. The summed E-state index contributed by atoms with van der Waals surface area (Å²) in [5, 5.41) is 64.5. The first kappa shape index (κ1) is 50.6. The molecule has 0 aromatic heterocycles. The Balaban J connectivity index is 2.45. The van der Waals surface area contributed by atoms with Crippen molar-refractivity contribution in [1.82, 2.24) is 5.32 Å². The second kappa shape index (κ2) is 34.8. The molecule has 0 radical (unpaired) electrons. The molecule has 0 saturated carbocycles. The predicted molar refractivity (Wildman–Crippen MR) is 218 cm³/mol. The van der Waals surface area contributed by atoms with Gasteiger partial charge in [-0.15, -0.1) is 0 Å². The first-order chi connectivity index (χ1) is 26.3. The lowest BCUT2D eigenvalue weighted by Crippen LogP contribution is -2.60. The molecule has 1 aliphatic heterocycles. The van der Waals surface area contributed by atoms with Crippen LogP contribution in [0.25, 0.3) is 0 Å². The summed E-state index contributed by atoms with van der Waals surface area (Å²) in [7, 11) is 0. The molecule has 8 atom stereocenters. The lowest BCUT2D eigenvalue weighted by Gasteiger charge is -2.40. The Hall–Kier alpha value is -1.37. The van der Waals surface area contributed by atoms with Crippen LogP contribution in [0.5, 0.6) is 0 Å². The molecule has 0 aliphatic carbocycles. The number of nitrogens with one attached hydrogen (secondary N) is 1. The maximum Gasteiger partial charge on any atom is 0.249 e. The number of amides is 1. The van der Waals surface area contributed by atoms with E-state index in [1.54, 1.807) is 6.08 Å². The normalized spacial score (nSPS) is 22.3. The first-order valence-corrected chi connectivity index (χ1v) is 22.2. The molecular weight excluding hydrogens is 686 g/mol. The van der Waals surface area contributed by atoms with Gasteiger partial charge < -0.3 is 45.4 Å². The van der Waals surface area contributed by atoms with Gasteiger partial charge in [0.25, 0.3) is 0 Å². The van der Waals surface area contributed by atoms with E-state index in [0.717, 1.165) is 32.1 Å². The highest BCUT2D eigenvalue weighted by Crippen LogP contribution is 2.22. The number of aliphatic hydroxyl groups excluding tert-OH is 6. The average molecular weight is 770 g/mol. The van der Waals surface area contributed by atoms with Crippen LogP contribution in [-0.4, -0.2) is 98.7 Å². The molecule has 7 N–H and O–H groups in total. The van der Waals surface area contributed by atoms with Gasteiger partial charge in [-0.2, -0.15) is 0 Å². The Morgan fingerprint density at radius 1 is 0.630 bits per heavy atom. The monoisotopic (exact) mass is 770 g/mol. The molecule has 0 aromatic carbocycles. The van der Waals surface area contributed by atoms with Gasteiger partial charge in [0.15, 0.2) is 6.29 Å². The predicted octanol–water partition coefficient (Wildman–Crippen LogP) is 7.69. The zero-order valence-electron chi connectivity index (χ0n) is 34.3. The van der Waals surface area contributed by atoms with E-state index in [-0.39, 0.29) is 6.61 Å². The Bertz CT molecular complexity index is 916. The maximum atomic E-state index is 13.0. The minimum Gasteiger partial charge on any atom is -0.394 e. The maximum absolute atomic E-state index is 13.0. The summed E-state index contributed by atoms with van der Waals surface area (Å²) >= 11 is 0. The van der Waals surface area contributed by atoms with Crippen molar-refractivity contribution in [3.8, 4) is 0 Å². The fourth-order valence-corrected chi connectivity index (χ4v) is 6.94. The van der Waals surface area contributed by atoms with Gasteiger partial charge in [-0.3, -0.25) is 4.79 Å². The van der Waals surface area contributed by atoms with Crippen LogP contribution in [0.2, 0.25) is 0 Å². The summed E-state index contributed by atoms with van der Waals surface area (Å²) in [6.07, 6.45) is 29.8. The summed E-state index contributed by atoms with van der Waals surface area (Å²) in [6.45, 7) is 3.57. The largest absolute Gasteiger partial charge is 0.394 e. The molecular formula is C44H83NO9. The van der Waals surface area contributed by atoms with Crippen molar-refractivity contribution >= 4 is 5.91 Å². The second-order valence-corrected chi connectivity index (χ2v) is 15.6. The second-order valence-electron chi connectivity index (χ2n) is 15.6. The van der Waals surface area contributed by atoms with E-state index in [2.05, 4.69) is 31.3 Å². The van der Waals surface area contributed by atoms with Gasteiger partial charge in [-0.1, -0.05) is 179 Å². The number of hydrogen-bond donors (Lipinski definition) is 7. The summed E-state index contributed by atoms with van der Waals surface area (Å²) in [4.78, 5) is 13.0. The lowest BCUT2D eigenvalue weighted by atomic mass is 9.99. The van der Waals surface area contributed by atoms with Crippen LogP contribution < -0.4 is 5.32 Å². The van der Waals surface area contributed by atoms with Gasteiger partial charge in [0.1, 0.15) is 30.5 Å². The molecule has 1 aliphatic rings. The van der Waals surface area contributed by atoms with E-state index >= 15 is 0 Å². The van der Waals surface area contributed by atoms with E-state index < -0.39 is 61.5 Å². The molecule has 1 saturated heterocycles. The Morgan fingerprint density at radius 3 is 1.61 bits per heavy atom. The van der Waals surface area contributed by atoms with Crippen LogP contribution in [0, 0.1) is 0 Å². The number of hydrogen-bond acceptors (Lipinski definition) is 9. The van der Waals surface area contributed by atoms with Crippen molar-refractivity contribution in [2.75, 3.05) is 13.2 Å². The number of carbonyl (C=O) groups excluding carboxylic acids is 1. The number of ether oxygens (including phenoxy) is 2. The van der Waals surface area contributed by atoms with Crippen LogP contribution in [0.3, 0.4) is 0 Å². The van der Waals surface area contributed by atoms with Crippen molar-refractivity contribution in [2.24, 2.45) is 0 Å². The molecule has 0 bridgehead atoms. The highest BCUT2D eigenvalue weighted by Gasteiger charge is 2.44. The topological polar surface area (TPSA) is 169 Å². The molecule has 1 fully saturated rings. The molecule has 2 unspecified atom stereocenters. The number of unbranched alkanes of at least 4 members (excludes halogenated alkanes) is 23. The van der Waals surface area contributed by atoms with Crippen LogP contribution in [-0.2, 0) is 14.3 Å². The van der Waals surface area contributed by atoms with Crippen molar-refractivity contribution in [3.63, 3.8) is 0 Å². The highest BCUT2D eigenvalue weighted by atomic mass is 16.7. The number of allylic oxidation sites excluding steroid dienone is 3. The number of aliphatic hydroxyl groups is 6. The van der Waals surface area contributed by atoms with E-state index in [9.17, 15) is 35.4 Å². The molecule has 10 nitrogen and oxygen atoms in total. The van der Waals surface area contributed by atoms with E-state index in [0.29, 0.717) is 19.3 Å².